The minimum absolute atomic E-state index is 0.113. The van der Waals surface area contributed by atoms with Crippen LogP contribution in [0.5, 0.6) is 0 Å². The summed E-state index contributed by atoms with van der Waals surface area (Å²) < 4.78 is 0. The number of anilines is 1. The predicted molar refractivity (Wildman–Crippen MR) is 104 cm³/mol. The molecule has 2 aromatic carbocycles. The van der Waals surface area contributed by atoms with Crippen LogP contribution in [0.1, 0.15) is 27.6 Å². The van der Waals surface area contributed by atoms with Gasteiger partial charge in [-0.3, -0.25) is 4.79 Å². The van der Waals surface area contributed by atoms with Gasteiger partial charge in [0.25, 0.3) is 0 Å². The second kappa shape index (κ2) is 8.05. The molecule has 0 bridgehead atoms. The smallest absolute Gasteiger partial charge is 0.192 e. The summed E-state index contributed by atoms with van der Waals surface area (Å²) in [7, 11) is 0. The fraction of sp³-hybridized carbons (Fsp3) is 0.250. The maximum Gasteiger partial charge on any atom is 0.192 e. The van der Waals surface area contributed by atoms with Gasteiger partial charge in [0.15, 0.2) is 5.78 Å². The SMILES string of the molecule is O=C1/C(=C\c2ccc(N(CCCl)CCCl)cc2)C(O)c2ccccc21. The molecule has 2 aromatic rings. The highest BCUT2D eigenvalue weighted by molar-refractivity contribution is 6.18. The van der Waals surface area contributed by atoms with Gasteiger partial charge in [0.05, 0.1) is 0 Å². The van der Waals surface area contributed by atoms with Gasteiger partial charge in [-0.25, -0.2) is 0 Å². The fourth-order valence-electron chi connectivity index (χ4n) is 3.07. The van der Waals surface area contributed by atoms with Crippen LogP contribution in [0, 0.1) is 0 Å². The third-order valence-corrected chi connectivity index (χ3v) is 4.68. The zero-order chi connectivity index (χ0) is 17.8. The van der Waals surface area contributed by atoms with Crippen LogP contribution < -0.4 is 4.90 Å². The number of halogens is 2. The molecule has 0 aromatic heterocycles. The summed E-state index contributed by atoms with van der Waals surface area (Å²) in [5.74, 6) is 0.946. The molecule has 0 saturated heterocycles. The number of carbonyl (C=O) groups excluding carboxylic acids is 1. The van der Waals surface area contributed by atoms with Crippen molar-refractivity contribution in [3.8, 4) is 0 Å². The number of benzene rings is 2. The van der Waals surface area contributed by atoms with Crippen LogP contribution in [0.4, 0.5) is 5.69 Å². The lowest BCUT2D eigenvalue weighted by atomic mass is 10.1. The molecule has 0 aliphatic heterocycles. The van der Waals surface area contributed by atoms with Crippen molar-refractivity contribution in [2.45, 2.75) is 6.10 Å². The monoisotopic (exact) mass is 375 g/mol. The molecule has 0 spiro atoms. The Hall–Kier alpha value is -1.81. The molecule has 0 saturated carbocycles. The molecule has 130 valence electrons. The van der Waals surface area contributed by atoms with Gasteiger partial charge in [-0.15, -0.1) is 23.2 Å². The molecule has 0 amide bonds. The number of rotatable bonds is 6. The minimum atomic E-state index is -0.868. The van der Waals surface area contributed by atoms with Crippen molar-refractivity contribution in [1.29, 1.82) is 0 Å². The number of aliphatic hydroxyl groups is 1. The summed E-state index contributed by atoms with van der Waals surface area (Å²) in [5.41, 5.74) is 3.56. The van der Waals surface area contributed by atoms with Crippen LogP contribution in [-0.2, 0) is 0 Å². The van der Waals surface area contributed by atoms with Crippen LogP contribution in [0.25, 0.3) is 6.08 Å². The maximum atomic E-state index is 12.5. The highest BCUT2D eigenvalue weighted by Gasteiger charge is 2.32. The molecule has 1 N–H and O–H groups in total. The number of hydrogen-bond acceptors (Lipinski definition) is 3. The topological polar surface area (TPSA) is 40.5 Å². The summed E-state index contributed by atoms with van der Waals surface area (Å²) >= 11 is 11.7. The van der Waals surface area contributed by atoms with Crippen molar-refractivity contribution in [2.75, 3.05) is 29.7 Å². The van der Waals surface area contributed by atoms with E-state index in [4.69, 9.17) is 23.2 Å². The zero-order valence-corrected chi connectivity index (χ0v) is 15.2. The van der Waals surface area contributed by atoms with E-state index in [-0.39, 0.29) is 5.78 Å². The summed E-state index contributed by atoms with van der Waals surface area (Å²) in [6, 6.07) is 15.0. The van der Waals surface area contributed by atoms with Gasteiger partial charge in [0.2, 0.25) is 0 Å². The molecule has 1 aliphatic rings. The predicted octanol–water partition coefficient (Wildman–Crippen LogP) is 4.28. The third kappa shape index (κ3) is 3.74. The molecule has 0 fully saturated rings. The molecular formula is C20H19Cl2NO2. The van der Waals surface area contributed by atoms with Gasteiger partial charge < -0.3 is 10.0 Å². The molecule has 25 heavy (non-hydrogen) atoms. The molecular weight excluding hydrogens is 357 g/mol. The maximum absolute atomic E-state index is 12.5. The molecule has 5 heteroatoms. The molecule has 0 heterocycles. The average Bonchev–Trinajstić information content (AvgIpc) is 2.88. The van der Waals surface area contributed by atoms with E-state index in [9.17, 15) is 9.90 Å². The second-order valence-electron chi connectivity index (χ2n) is 5.88. The second-order valence-corrected chi connectivity index (χ2v) is 6.63. The van der Waals surface area contributed by atoms with Crippen LogP contribution >= 0.6 is 23.2 Å². The van der Waals surface area contributed by atoms with E-state index in [0.717, 1.165) is 24.3 Å². The summed E-state index contributed by atoms with van der Waals surface area (Å²) in [4.78, 5) is 14.6. The minimum Gasteiger partial charge on any atom is -0.383 e. The van der Waals surface area contributed by atoms with Gasteiger partial charge in [0.1, 0.15) is 6.10 Å². The number of nitrogens with zero attached hydrogens (tertiary/aromatic N) is 1. The number of carbonyl (C=O) groups is 1. The zero-order valence-electron chi connectivity index (χ0n) is 13.7. The molecule has 1 atom stereocenters. The van der Waals surface area contributed by atoms with Gasteiger partial charge in [0, 0.05) is 41.7 Å². The largest absolute Gasteiger partial charge is 0.383 e. The first-order chi connectivity index (χ1) is 12.2. The highest BCUT2D eigenvalue weighted by Crippen LogP contribution is 2.36. The lowest BCUT2D eigenvalue weighted by molar-refractivity contribution is 0.102. The number of hydrogen-bond donors (Lipinski definition) is 1. The molecule has 1 unspecified atom stereocenters. The Morgan fingerprint density at radius 3 is 2.24 bits per heavy atom. The van der Waals surface area contributed by atoms with Crippen LogP contribution in [-0.4, -0.2) is 35.7 Å². The van der Waals surface area contributed by atoms with Crippen LogP contribution in [0.2, 0.25) is 0 Å². The lowest BCUT2D eigenvalue weighted by Crippen LogP contribution is -2.27. The standard InChI is InChI=1S/C20H19Cl2NO2/c21-9-11-23(12-10-22)15-7-5-14(6-8-15)13-18-19(24)16-3-1-2-4-17(16)20(18)25/h1-8,13,19,24H,9-12H2/b18-13-. The normalized spacial score (nSPS) is 17.8. The first-order valence-corrected chi connectivity index (χ1v) is 9.23. The van der Waals surface area contributed by atoms with Gasteiger partial charge >= 0.3 is 0 Å². The Balaban J connectivity index is 1.84. The first-order valence-electron chi connectivity index (χ1n) is 8.16. The Labute approximate surface area is 157 Å². The Bertz CT molecular complexity index is 781. The van der Waals surface area contributed by atoms with Crippen molar-refractivity contribution in [3.63, 3.8) is 0 Å². The number of alkyl halides is 2. The number of aliphatic hydroxyl groups excluding tert-OH is 1. The lowest BCUT2D eigenvalue weighted by Gasteiger charge is -2.22. The van der Waals surface area contributed by atoms with E-state index in [0.29, 0.717) is 28.5 Å². The number of fused-ring (bicyclic) bond motifs is 1. The van der Waals surface area contributed by atoms with Crippen molar-refractivity contribution in [3.05, 3.63) is 70.8 Å². The summed E-state index contributed by atoms with van der Waals surface area (Å²) in [6.45, 7) is 1.45. The van der Waals surface area contributed by atoms with Gasteiger partial charge in [-0.05, 0) is 29.3 Å². The Morgan fingerprint density at radius 1 is 1.00 bits per heavy atom. The van der Waals surface area contributed by atoms with E-state index in [1.807, 2.05) is 36.4 Å². The van der Waals surface area contributed by atoms with E-state index in [1.165, 1.54) is 0 Å². The van der Waals surface area contributed by atoms with Crippen molar-refractivity contribution >= 4 is 40.7 Å². The van der Waals surface area contributed by atoms with E-state index in [2.05, 4.69) is 4.90 Å². The van der Waals surface area contributed by atoms with Crippen molar-refractivity contribution in [2.24, 2.45) is 0 Å². The van der Waals surface area contributed by atoms with Crippen LogP contribution in [0.15, 0.2) is 54.1 Å². The summed E-state index contributed by atoms with van der Waals surface area (Å²) in [6.07, 6.45) is 0.886. The number of Topliss-reactive ketones (excluding diaryl/α,β-unsaturated/α-hetero) is 1. The van der Waals surface area contributed by atoms with E-state index >= 15 is 0 Å². The van der Waals surface area contributed by atoms with Crippen molar-refractivity contribution in [1.82, 2.24) is 0 Å². The average molecular weight is 376 g/mol. The molecule has 3 rings (SSSR count). The van der Waals surface area contributed by atoms with Gasteiger partial charge in [-0.1, -0.05) is 36.4 Å². The molecule has 3 nitrogen and oxygen atoms in total. The third-order valence-electron chi connectivity index (χ3n) is 4.35. The summed E-state index contributed by atoms with van der Waals surface area (Å²) in [5, 5.41) is 10.4. The van der Waals surface area contributed by atoms with Gasteiger partial charge in [-0.2, -0.15) is 0 Å². The number of ketones is 1. The Kier molecular flexibility index (Phi) is 5.79. The fourth-order valence-corrected chi connectivity index (χ4v) is 3.48. The van der Waals surface area contributed by atoms with E-state index in [1.54, 1.807) is 18.2 Å². The van der Waals surface area contributed by atoms with E-state index < -0.39 is 6.10 Å². The first kappa shape index (κ1) is 18.0. The highest BCUT2D eigenvalue weighted by atomic mass is 35.5. The quantitative estimate of drug-likeness (QED) is 0.604. The molecule has 1 aliphatic carbocycles. The van der Waals surface area contributed by atoms with Crippen molar-refractivity contribution < 1.29 is 9.90 Å². The molecule has 0 radical (unpaired) electrons. The van der Waals surface area contributed by atoms with Crippen LogP contribution in [0.3, 0.4) is 0 Å². The Morgan fingerprint density at radius 2 is 1.64 bits per heavy atom.